The summed E-state index contributed by atoms with van der Waals surface area (Å²) in [6.45, 7) is 7.37. The van der Waals surface area contributed by atoms with Crippen molar-refractivity contribution in [2.45, 2.75) is 46.5 Å². The lowest BCUT2D eigenvalue weighted by atomic mass is 9.89. The first-order valence-electron chi connectivity index (χ1n) is 6.13. The molecule has 1 aliphatic rings. The zero-order chi connectivity index (χ0) is 11.6. The Hall–Kier alpha value is -1.12. The Bertz CT molecular complexity index is 367. The van der Waals surface area contributed by atoms with Crippen LogP contribution in [0.2, 0.25) is 0 Å². The third-order valence-corrected chi connectivity index (χ3v) is 3.57. The van der Waals surface area contributed by atoms with Crippen molar-refractivity contribution in [2.24, 2.45) is 5.41 Å². The molecular weight excluding hydrogens is 198 g/mol. The smallest absolute Gasteiger partial charge is 0.147 e. The van der Waals surface area contributed by atoms with E-state index in [2.05, 4.69) is 22.2 Å². The maximum Gasteiger partial charge on any atom is 0.147 e. The van der Waals surface area contributed by atoms with Crippen LogP contribution in [-0.2, 0) is 0 Å². The molecule has 0 aliphatic heterocycles. The van der Waals surface area contributed by atoms with Gasteiger partial charge in [0.25, 0.3) is 0 Å². The summed E-state index contributed by atoms with van der Waals surface area (Å²) >= 11 is 0. The molecule has 1 aromatic heterocycles. The van der Waals surface area contributed by atoms with E-state index >= 15 is 0 Å². The number of rotatable bonds is 3. The fourth-order valence-corrected chi connectivity index (χ4v) is 2.41. The lowest BCUT2D eigenvalue weighted by molar-refractivity contribution is 0.361. The van der Waals surface area contributed by atoms with E-state index in [0.29, 0.717) is 5.41 Å². The van der Waals surface area contributed by atoms with Crippen LogP contribution in [0, 0.1) is 19.3 Å². The van der Waals surface area contributed by atoms with Gasteiger partial charge in [-0.25, -0.2) is 4.98 Å². The Labute approximate surface area is 97.7 Å². The molecule has 0 spiro atoms. The number of hydrogen-bond acceptors (Lipinski definition) is 3. The van der Waals surface area contributed by atoms with Gasteiger partial charge in [0.05, 0.1) is 11.4 Å². The van der Waals surface area contributed by atoms with E-state index in [1.165, 1.54) is 25.7 Å². The standard InChI is InChI=1S/C13H21N3/c1-10-8-14-11(2)12(16-10)15-9-13(3)6-4-5-7-13/h8H,4-7,9H2,1-3H3,(H,15,16). The van der Waals surface area contributed by atoms with Gasteiger partial charge in [-0.1, -0.05) is 19.8 Å². The van der Waals surface area contributed by atoms with Crippen molar-refractivity contribution in [1.29, 1.82) is 0 Å². The Morgan fingerprint density at radius 3 is 2.69 bits per heavy atom. The third-order valence-electron chi connectivity index (χ3n) is 3.57. The highest BCUT2D eigenvalue weighted by molar-refractivity contribution is 5.39. The highest BCUT2D eigenvalue weighted by Crippen LogP contribution is 2.37. The van der Waals surface area contributed by atoms with Crippen LogP contribution in [0.3, 0.4) is 0 Å². The lowest BCUT2D eigenvalue weighted by Gasteiger charge is -2.24. The van der Waals surface area contributed by atoms with Gasteiger partial charge in [-0.15, -0.1) is 0 Å². The summed E-state index contributed by atoms with van der Waals surface area (Å²) in [5.74, 6) is 0.952. The molecule has 0 bridgehead atoms. The van der Waals surface area contributed by atoms with E-state index in [9.17, 15) is 0 Å². The first-order valence-corrected chi connectivity index (χ1v) is 6.13. The third kappa shape index (κ3) is 2.52. The molecule has 0 amide bonds. The second-order valence-electron chi connectivity index (χ2n) is 5.32. The first kappa shape index (κ1) is 11.4. The van der Waals surface area contributed by atoms with Gasteiger partial charge in [0.1, 0.15) is 5.82 Å². The molecule has 0 saturated heterocycles. The van der Waals surface area contributed by atoms with Crippen molar-refractivity contribution in [3.63, 3.8) is 0 Å². The van der Waals surface area contributed by atoms with E-state index in [0.717, 1.165) is 23.8 Å². The van der Waals surface area contributed by atoms with Gasteiger partial charge in [0.15, 0.2) is 0 Å². The van der Waals surface area contributed by atoms with Crippen LogP contribution < -0.4 is 5.32 Å². The van der Waals surface area contributed by atoms with Gasteiger partial charge in [0, 0.05) is 12.7 Å². The number of aromatic nitrogens is 2. The zero-order valence-electron chi connectivity index (χ0n) is 10.5. The average Bonchev–Trinajstić information content (AvgIpc) is 2.67. The molecule has 1 N–H and O–H groups in total. The van der Waals surface area contributed by atoms with Gasteiger partial charge in [-0.2, -0.15) is 0 Å². The summed E-state index contributed by atoms with van der Waals surface area (Å²) in [6, 6.07) is 0. The van der Waals surface area contributed by atoms with Crippen molar-refractivity contribution in [2.75, 3.05) is 11.9 Å². The zero-order valence-corrected chi connectivity index (χ0v) is 10.5. The predicted octanol–water partition coefficient (Wildman–Crippen LogP) is 3.09. The maximum atomic E-state index is 4.49. The lowest BCUT2D eigenvalue weighted by Crippen LogP contribution is -2.24. The minimum atomic E-state index is 0.456. The second-order valence-corrected chi connectivity index (χ2v) is 5.32. The van der Waals surface area contributed by atoms with Crippen LogP contribution in [0.1, 0.15) is 44.0 Å². The predicted molar refractivity (Wildman–Crippen MR) is 66.6 cm³/mol. The van der Waals surface area contributed by atoms with E-state index in [1.54, 1.807) is 0 Å². The van der Waals surface area contributed by atoms with Gasteiger partial charge in [-0.05, 0) is 32.1 Å². The Morgan fingerprint density at radius 2 is 2.00 bits per heavy atom. The summed E-state index contributed by atoms with van der Waals surface area (Å²) in [7, 11) is 0. The molecule has 1 heterocycles. The molecule has 0 aromatic carbocycles. The van der Waals surface area contributed by atoms with E-state index in [4.69, 9.17) is 0 Å². The van der Waals surface area contributed by atoms with Crippen LogP contribution in [-0.4, -0.2) is 16.5 Å². The largest absolute Gasteiger partial charge is 0.368 e. The molecule has 1 fully saturated rings. The van der Waals surface area contributed by atoms with Gasteiger partial charge in [-0.3, -0.25) is 4.98 Å². The SMILES string of the molecule is Cc1cnc(C)c(NCC2(C)CCCC2)n1. The molecule has 1 aromatic rings. The molecule has 88 valence electrons. The van der Waals surface area contributed by atoms with Crippen molar-refractivity contribution in [3.05, 3.63) is 17.6 Å². The fourth-order valence-electron chi connectivity index (χ4n) is 2.41. The average molecular weight is 219 g/mol. The van der Waals surface area contributed by atoms with E-state index < -0.39 is 0 Å². The van der Waals surface area contributed by atoms with Gasteiger partial charge < -0.3 is 5.32 Å². The summed E-state index contributed by atoms with van der Waals surface area (Å²) in [4.78, 5) is 8.81. The first-order chi connectivity index (χ1) is 7.59. The van der Waals surface area contributed by atoms with Crippen molar-refractivity contribution in [3.8, 4) is 0 Å². The maximum absolute atomic E-state index is 4.49. The topological polar surface area (TPSA) is 37.8 Å². The Morgan fingerprint density at radius 1 is 1.31 bits per heavy atom. The van der Waals surface area contributed by atoms with E-state index in [1.807, 2.05) is 20.0 Å². The van der Waals surface area contributed by atoms with E-state index in [-0.39, 0.29) is 0 Å². The quantitative estimate of drug-likeness (QED) is 0.849. The number of aryl methyl sites for hydroxylation is 2. The van der Waals surface area contributed by atoms with Gasteiger partial charge >= 0.3 is 0 Å². The normalized spacial score (nSPS) is 18.7. The molecule has 1 saturated carbocycles. The number of hydrogen-bond donors (Lipinski definition) is 1. The van der Waals surface area contributed by atoms with Crippen LogP contribution >= 0.6 is 0 Å². The molecule has 3 nitrogen and oxygen atoms in total. The molecule has 16 heavy (non-hydrogen) atoms. The Kier molecular flexibility index (Phi) is 3.13. The number of nitrogens with zero attached hydrogens (tertiary/aromatic N) is 2. The highest BCUT2D eigenvalue weighted by atomic mass is 15.0. The Balaban J connectivity index is 2.01. The minimum absolute atomic E-state index is 0.456. The van der Waals surface area contributed by atoms with Crippen LogP contribution in [0.25, 0.3) is 0 Å². The van der Waals surface area contributed by atoms with Crippen molar-refractivity contribution in [1.82, 2.24) is 9.97 Å². The van der Waals surface area contributed by atoms with Crippen LogP contribution in [0.15, 0.2) is 6.20 Å². The molecule has 0 atom stereocenters. The molecule has 2 rings (SSSR count). The van der Waals surface area contributed by atoms with Crippen LogP contribution in [0.5, 0.6) is 0 Å². The number of nitrogens with one attached hydrogen (secondary N) is 1. The summed E-state index contributed by atoms with van der Waals surface area (Å²) in [6.07, 6.45) is 7.22. The molecule has 1 aliphatic carbocycles. The van der Waals surface area contributed by atoms with Gasteiger partial charge in [0.2, 0.25) is 0 Å². The second kappa shape index (κ2) is 4.40. The molecular formula is C13H21N3. The van der Waals surface area contributed by atoms with Crippen molar-refractivity contribution < 1.29 is 0 Å². The molecule has 3 heteroatoms. The highest BCUT2D eigenvalue weighted by Gasteiger charge is 2.28. The van der Waals surface area contributed by atoms with Crippen molar-refractivity contribution >= 4 is 5.82 Å². The summed E-state index contributed by atoms with van der Waals surface area (Å²) < 4.78 is 0. The number of anilines is 1. The molecule has 0 radical (unpaired) electrons. The fraction of sp³-hybridized carbons (Fsp3) is 0.692. The summed E-state index contributed by atoms with van der Waals surface area (Å²) in [5, 5.41) is 3.46. The van der Waals surface area contributed by atoms with Crippen LogP contribution in [0.4, 0.5) is 5.82 Å². The summed E-state index contributed by atoms with van der Waals surface area (Å²) in [5.41, 5.74) is 2.43. The minimum Gasteiger partial charge on any atom is -0.368 e. The monoisotopic (exact) mass is 219 g/mol. The molecule has 0 unspecified atom stereocenters.